The Morgan fingerprint density at radius 2 is 2.00 bits per heavy atom. The normalized spacial score (nSPS) is 10.3. The summed E-state index contributed by atoms with van der Waals surface area (Å²) in [6.07, 6.45) is 0. The van der Waals surface area contributed by atoms with E-state index in [1.54, 1.807) is 0 Å². The molecule has 7 heteroatoms. The molecule has 0 aliphatic heterocycles. The minimum Gasteiger partial charge on any atom is -0.496 e. The van der Waals surface area contributed by atoms with Crippen molar-refractivity contribution >= 4 is 28.9 Å². The lowest BCUT2D eigenvalue weighted by Gasteiger charge is -2.11. The largest absolute Gasteiger partial charge is 0.496 e. The first-order valence-corrected chi connectivity index (χ1v) is 6.19. The molecular formula is C14H11ClF2N2O2. The number of carbonyl (C=O) groups excluding carboxylic acids is 1. The van der Waals surface area contributed by atoms with E-state index in [1.165, 1.54) is 25.3 Å². The zero-order valence-corrected chi connectivity index (χ0v) is 11.7. The highest BCUT2D eigenvalue weighted by Crippen LogP contribution is 2.28. The highest BCUT2D eigenvalue weighted by molar-refractivity contribution is 6.34. The molecule has 0 radical (unpaired) electrons. The molecule has 1 amide bonds. The Labute approximate surface area is 124 Å². The molecule has 0 aliphatic rings. The minimum atomic E-state index is -0.970. The molecule has 0 unspecified atom stereocenters. The second kappa shape index (κ2) is 5.97. The number of halogens is 3. The molecule has 0 saturated heterocycles. The maximum Gasteiger partial charge on any atom is 0.259 e. The van der Waals surface area contributed by atoms with Crippen LogP contribution in [0.15, 0.2) is 30.3 Å². The van der Waals surface area contributed by atoms with Crippen molar-refractivity contribution in [2.75, 3.05) is 18.2 Å². The number of methoxy groups -OCH3 is 1. The standard InChI is InChI=1S/C14H11ClF2N2O2/c1-21-12-6-8(18)2-3-9(12)14(20)19-13-10(15)4-7(16)5-11(13)17/h2-6H,18H2,1H3,(H,19,20). The molecule has 0 aromatic heterocycles. The van der Waals surface area contributed by atoms with Crippen LogP contribution in [0.3, 0.4) is 0 Å². The number of ether oxygens (including phenoxy) is 1. The van der Waals surface area contributed by atoms with Crippen molar-refractivity contribution in [3.05, 3.63) is 52.6 Å². The first kappa shape index (κ1) is 15.1. The number of nitrogens with two attached hydrogens (primary N) is 1. The fraction of sp³-hybridized carbons (Fsp3) is 0.0714. The van der Waals surface area contributed by atoms with E-state index in [4.69, 9.17) is 22.1 Å². The lowest BCUT2D eigenvalue weighted by atomic mass is 10.1. The van der Waals surface area contributed by atoms with Crippen molar-refractivity contribution in [1.29, 1.82) is 0 Å². The summed E-state index contributed by atoms with van der Waals surface area (Å²) in [7, 11) is 1.37. The van der Waals surface area contributed by atoms with E-state index in [9.17, 15) is 13.6 Å². The number of rotatable bonds is 3. The Kier molecular flexibility index (Phi) is 4.28. The van der Waals surface area contributed by atoms with Crippen LogP contribution in [0, 0.1) is 11.6 Å². The first-order chi connectivity index (χ1) is 9.92. The van der Waals surface area contributed by atoms with Gasteiger partial charge in [-0.15, -0.1) is 0 Å². The van der Waals surface area contributed by atoms with Gasteiger partial charge in [-0.1, -0.05) is 11.6 Å². The Bertz CT molecular complexity index is 684. The second-order valence-electron chi connectivity index (χ2n) is 4.16. The Balaban J connectivity index is 2.35. The molecule has 2 aromatic carbocycles. The Morgan fingerprint density at radius 1 is 1.29 bits per heavy atom. The van der Waals surface area contributed by atoms with E-state index in [0.717, 1.165) is 6.07 Å². The van der Waals surface area contributed by atoms with Gasteiger partial charge in [0.2, 0.25) is 0 Å². The molecular weight excluding hydrogens is 302 g/mol. The van der Waals surface area contributed by atoms with E-state index in [-0.39, 0.29) is 22.0 Å². The number of nitrogen functional groups attached to an aromatic ring is 1. The molecule has 0 fully saturated rings. The van der Waals surface area contributed by atoms with Crippen LogP contribution in [0.1, 0.15) is 10.4 Å². The third-order valence-corrected chi connectivity index (χ3v) is 3.01. The quantitative estimate of drug-likeness (QED) is 0.853. The molecule has 0 saturated carbocycles. The lowest BCUT2D eigenvalue weighted by Crippen LogP contribution is -2.15. The van der Waals surface area contributed by atoms with Crippen molar-refractivity contribution < 1.29 is 18.3 Å². The zero-order chi connectivity index (χ0) is 15.6. The van der Waals surface area contributed by atoms with Crippen LogP contribution < -0.4 is 15.8 Å². The SMILES string of the molecule is COc1cc(N)ccc1C(=O)Nc1c(F)cc(F)cc1Cl. The fourth-order valence-corrected chi connectivity index (χ4v) is 1.98. The smallest absolute Gasteiger partial charge is 0.259 e. The van der Waals surface area contributed by atoms with Gasteiger partial charge in [-0.25, -0.2) is 8.78 Å². The van der Waals surface area contributed by atoms with Crippen LogP contribution in [0.2, 0.25) is 5.02 Å². The molecule has 3 N–H and O–H groups in total. The number of amides is 1. The third kappa shape index (κ3) is 3.22. The summed E-state index contributed by atoms with van der Waals surface area (Å²) in [6.45, 7) is 0. The minimum absolute atomic E-state index is 0.145. The first-order valence-electron chi connectivity index (χ1n) is 5.81. The average molecular weight is 313 g/mol. The molecule has 110 valence electrons. The van der Waals surface area contributed by atoms with Gasteiger partial charge < -0.3 is 15.8 Å². The number of anilines is 2. The van der Waals surface area contributed by atoms with Crippen LogP contribution >= 0.6 is 11.6 Å². The van der Waals surface area contributed by atoms with Crippen molar-refractivity contribution in [3.63, 3.8) is 0 Å². The van der Waals surface area contributed by atoms with E-state index in [0.29, 0.717) is 11.8 Å². The maximum absolute atomic E-state index is 13.6. The molecule has 0 atom stereocenters. The van der Waals surface area contributed by atoms with Crippen molar-refractivity contribution in [2.45, 2.75) is 0 Å². The van der Waals surface area contributed by atoms with Crippen molar-refractivity contribution in [1.82, 2.24) is 0 Å². The van der Waals surface area contributed by atoms with Crippen LogP contribution in [0.5, 0.6) is 5.75 Å². The number of hydrogen-bond donors (Lipinski definition) is 2. The molecule has 4 nitrogen and oxygen atoms in total. The van der Waals surface area contributed by atoms with Gasteiger partial charge in [0.15, 0.2) is 5.82 Å². The molecule has 2 rings (SSSR count). The molecule has 21 heavy (non-hydrogen) atoms. The van der Waals surface area contributed by atoms with Crippen LogP contribution in [-0.2, 0) is 0 Å². The van der Waals surface area contributed by atoms with E-state index >= 15 is 0 Å². The summed E-state index contributed by atoms with van der Waals surface area (Å²) in [4.78, 5) is 12.1. The highest BCUT2D eigenvalue weighted by atomic mass is 35.5. The van der Waals surface area contributed by atoms with Gasteiger partial charge >= 0.3 is 0 Å². The average Bonchev–Trinajstić information content (AvgIpc) is 2.42. The van der Waals surface area contributed by atoms with Gasteiger partial charge in [-0.3, -0.25) is 4.79 Å². The van der Waals surface area contributed by atoms with E-state index < -0.39 is 17.5 Å². The van der Waals surface area contributed by atoms with Gasteiger partial charge in [0.25, 0.3) is 5.91 Å². The molecule has 0 bridgehead atoms. The third-order valence-electron chi connectivity index (χ3n) is 2.72. The fourth-order valence-electron chi connectivity index (χ4n) is 1.74. The molecule has 0 spiro atoms. The molecule has 2 aromatic rings. The van der Waals surface area contributed by atoms with Crippen LogP contribution in [0.25, 0.3) is 0 Å². The summed E-state index contributed by atoms with van der Waals surface area (Å²) in [5.41, 5.74) is 5.84. The van der Waals surface area contributed by atoms with Gasteiger partial charge in [0.1, 0.15) is 11.6 Å². The zero-order valence-electron chi connectivity index (χ0n) is 10.9. The van der Waals surface area contributed by atoms with Gasteiger partial charge in [-0.05, 0) is 18.2 Å². The summed E-state index contributed by atoms with van der Waals surface area (Å²) < 4.78 is 31.6. The monoisotopic (exact) mass is 312 g/mol. The van der Waals surface area contributed by atoms with E-state index in [2.05, 4.69) is 5.32 Å². The molecule has 0 aliphatic carbocycles. The summed E-state index contributed by atoms with van der Waals surface area (Å²) in [5, 5.41) is 2.04. The highest BCUT2D eigenvalue weighted by Gasteiger charge is 2.17. The maximum atomic E-state index is 13.6. The van der Waals surface area contributed by atoms with Crippen molar-refractivity contribution in [2.24, 2.45) is 0 Å². The summed E-state index contributed by atoms with van der Waals surface area (Å²) in [6, 6.07) is 5.92. The van der Waals surface area contributed by atoms with Crippen LogP contribution in [-0.4, -0.2) is 13.0 Å². The number of nitrogens with one attached hydrogen (secondary N) is 1. The Morgan fingerprint density at radius 3 is 2.62 bits per heavy atom. The lowest BCUT2D eigenvalue weighted by molar-refractivity contribution is 0.102. The second-order valence-corrected chi connectivity index (χ2v) is 4.57. The van der Waals surface area contributed by atoms with E-state index in [1.807, 2.05) is 0 Å². The van der Waals surface area contributed by atoms with Crippen LogP contribution in [0.4, 0.5) is 20.2 Å². The predicted molar refractivity (Wildman–Crippen MR) is 76.7 cm³/mol. The topological polar surface area (TPSA) is 64.3 Å². The predicted octanol–water partition coefficient (Wildman–Crippen LogP) is 3.46. The number of hydrogen-bond acceptors (Lipinski definition) is 3. The summed E-state index contributed by atoms with van der Waals surface area (Å²) in [5.74, 6) is -2.23. The number of carbonyl (C=O) groups is 1. The van der Waals surface area contributed by atoms with Gasteiger partial charge in [0, 0.05) is 17.8 Å². The molecule has 0 heterocycles. The van der Waals surface area contributed by atoms with Crippen molar-refractivity contribution in [3.8, 4) is 5.75 Å². The Hall–Kier alpha value is -2.34. The number of benzene rings is 2. The summed E-state index contributed by atoms with van der Waals surface area (Å²) >= 11 is 5.72. The van der Waals surface area contributed by atoms with Gasteiger partial charge in [-0.2, -0.15) is 0 Å². The van der Waals surface area contributed by atoms with Gasteiger partial charge in [0.05, 0.1) is 23.4 Å².